The van der Waals surface area contributed by atoms with Gasteiger partial charge in [0.2, 0.25) is 5.13 Å². The molecule has 1 aliphatic carbocycles. The highest BCUT2D eigenvalue weighted by Gasteiger charge is 2.21. The van der Waals surface area contributed by atoms with Crippen LogP contribution in [0.4, 0.5) is 10.8 Å². The second-order valence-corrected chi connectivity index (χ2v) is 8.99. The lowest BCUT2D eigenvalue weighted by atomic mass is 9.89. The molecule has 4 rings (SSSR count). The number of nitrogens with zero attached hydrogens (tertiary/aromatic N) is 2. The molecule has 5 nitrogen and oxygen atoms in total. The van der Waals surface area contributed by atoms with Gasteiger partial charge in [-0.3, -0.25) is 0 Å². The maximum Gasteiger partial charge on any atom is 0.210 e. The molecular weight excluding hydrogens is 390 g/mol. The number of hydrogen-bond acceptors (Lipinski definition) is 7. The van der Waals surface area contributed by atoms with Crippen LogP contribution in [0, 0.1) is 0 Å². The first-order valence-corrected chi connectivity index (χ1v) is 11.2. The highest BCUT2D eigenvalue weighted by Crippen LogP contribution is 2.33. The molecule has 3 aromatic rings. The van der Waals surface area contributed by atoms with Crippen LogP contribution in [0.5, 0.6) is 0 Å². The van der Waals surface area contributed by atoms with E-state index in [-0.39, 0.29) is 6.10 Å². The van der Waals surface area contributed by atoms with E-state index >= 15 is 0 Å². The lowest BCUT2D eigenvalue weighted by Gasteiger charge is -2.26. The molecule has 1 aromatic heterocycles. The summed E-state index contributed by atoms with van der Waals surface area (Å²) in [6.07, 6.45) is 2.82. The summed E-state index contributed by atoms with van der Waals surface area (Å²) in [6, 6.07) is 18.3. The van der Waals surface area contributed by atoms with Gasteiger partial charge < -0.3 is 15.2 Å². The molecule has 0 bridgehead atoms. The third kappa shape index (κ3) is 5.11. The predicted molar refractivity (Wildman–Crippen MR) is 114 cm³/mol. The van der Waals surface area contributed by atoms with E-state index in [0.717, 1.165) is 34.4 Å². The summed E-state index contributed by atoms with van der Waals surface area (Å²) in [6.45, 7) is 0.333. The molecule has 0 spiro atoms. The summed E-state index contributed by atoms with van der Waals surface area (Å²) in [5.41, 5.74) is 3.63. The van der Waals surface area contributed by atoms with Crippen LogP contribution in [0.1, 0.15) is 30.1 Å². The molecule has 1 aliphatic rings. The number of aryl methyl sites for hydroxylation is 1. The number of hydrogen-bond donors (Lipinski definition) is 2. The number of thioether (sulfide) groups is 1. The molecule has 2 N–H and O–H groups in total. The highest BCUT2D eigenvalue weighted by atomic mass is 32.2. The first-order valence-electron chi connectivity index (χ1n) is 9.44. The number of aliphatic hydroxyl groups is 1. The fourth-order valence-electron chi connectivity index (χ4n) is 3.29. The summed E-state index contributed by atoms with van der Waals surface area (Å²) < 4.78 is 6.87. The number of aromatic nitrogens is 2. The van der Waals surface area contributed by atoms with Crippen molar-refractivity contribution in [2.45, 2.75) is 35.8 Å². The third-order valence-electron chi connectivity index (χ3n) is 4.63. The standard InChI is InChI=1S/C21H23N3O2S2/c25-17(13-26-19-12-6-8-15-7-4-5-11-18(15)19)14-27-21-24-23-20(28-21)22-16-9-2-1-3-10-16/h1-5,7,9-11,17,19,25H,6,8,12-14H2,(H,22,23)/t17-,19-/m1/s1. The van der Waals surface area contributed by atoms with Crippen molar-refractivity contribution < 1.29 is 9.84 Å². The van der Waals surface area contributed by atoms with Gasteiger partial charge in [0.15, 0.2) is 4.34 Å². The van der Waals surface area contributed by atoms with Gasteiger partial charge in [-0.2, -0.15) is 0 Å². The molecule has 0 fully saturated rings. The van der Waals surface area contributed by atoms with Crippen molar-refractivity contribution in [3.8, 4) is 0 Å². The van der Waals surface area contributed by atoms with Crippen molar-refractivity contribution >= 4 is 33.9 Å². The maximum atomic E-state index is 10.3. The first-order chi connectivity index (χ1) is 13.8. The molecule has 1 heterocycles. The molecule has 0 saturated heterocycles. The highest BCUT2D eigenvalue weighted by molar-refractivity contribution is 8.01. The fourth-order valence-corrected chi connectivity index (χ4v) is 4.99. The number of rotatable bonds is 8. The van der Waals surface area contributed by atoms with Crippen LogP contribution in [0.2, 0.25) is 0 Å². The van der Waals surface area contributed by atoms with E-state index in [4.69, 9.17) is 4.74 Å². The van der Waals surface area contributed by atoms with Gasteiger partial charge in [-0.1, -0.05) is 65.6 Å². The minimum atomic E-state index is -0.534. The Hall–Kier alpha value is -1.93. The van der Waals surface area contributed by atoms with Crippen molar-refractivity contribution in [3.05, 3.63) is 65.7 Å². The van der Waals surface area contributed by atoms with E-state index in [1.165, 1.54) is 34.2 Å². The average molecular weight is 414 g/mol. The minimum absolute atomic E-state index is 0.0906. The van der Waals surface area contributed by atoms with Crippen molar-refractivity contribution in [3.63, 3.8) is 0 Å². The first kappa shape index (κ1) is 19.4. The molecule has 2 atom stereocenters. The van der Waals surface area contributed by atoms with Gasteiger partial charge in [0.05, 0.1) is 18.8 Å². The second kappa shape index (κ2) is 9.52. The number of para-hydroxylation sites is 1. The molecule has 0 unspecified atom stereocenters. The van der Waals surface area contributed by atoms with Crippen LogP contribution in [0.3, 0.4) is 0 Å². The average Bonchev–Trinajstić information content (AvgIpc) is 3.18. The Morgan fingerprint density at radius 2 is 1.96 bits per heavy atom. The summed E-state index contributed by atoms with van der Waals surface area (Å²) >= 11 is 2.99. The van der Waals surface area contributed by atoms with Gasteiger partial charge >= 0.3 is 0 Å². The van der Waals surface area contributed by atoms with Crippen molar-refractivity contribution in [1.29, 1.82) is 0 Å². The van der Waals surface area contributed by atoms with Crippen LogP contribution < -0.4 is 5.32 Å². The molecule has 0 saturated carbocycles. The molecule has 7 heteroatoms. The summed E-state index contributed by atoms with van der Waals surface area (Å²) in [5.74, 6) is 0.536. The lowest BCUT2D eigenvalue weighted by Crippen LogP contribution is -2.22. The Morgan fingerprint density at radius 1 is 1.14 bits per heavy atom. The van der Waals surface area contributed by atoms with Crippen LogP contribution in [0.15, 0.2) is 58.9 Å². The minimum Gasteiger partial charge on any atom is -0.390 e. The second-order valence-electron chi connectivity index (χ2n) is 6.74. The predicted octanol–water partition coefficient (Wildman–Crippen LogP) is 4.83. The Labute approximate surface area is 173 Å². The largest absolute Gasteiger partial charge is 0.390 e. The van der Waals surface area contributed by atoms with Crippen molar-refractivity contribution in [2.24, 2.45) is 0 Å². The third-order valence-corrected chi connectivity index (χ3v) is 6.75. The fraction of sp³-hybridized carbons (Fsp3) is 0.333. The Morgan fingerprint density at radius 3 is 2.86 bits per heavy atom. The van der Waals surface area contributed by atoms with Crippen LogP contribution in [0.25, 0.3) is 0 Å². The summed E-state index contributed by atoms with van der Waals surface area (Å²) in [5, 5.41) is 22.6. The zero-order chi connectivity index (χ0) is 19.2. The molecule has 0 amide bonds. The number of ether oxygens (including phenoxy) is 1. The van der Waals surface area contributed by atoms with Crippen molar-refractivity contribution in [2.75, 3.05) is 17.7 Å². The number of aliphatic hydroxyl groups excluding tert-OH is 1. The van der Waals surface area contributed by atoms with Crippen LogP contribution in [-0.2, 0) is 11.2 Å². The van der Waals surface area contributed by atoms with Gasteiger partial charge in [-0.25, -0.2) is 0 Å². The molecule has 2 aromatic carbocycles. The molecule has 0 aliphatic heterocycles. The maximum absolute atomic E-state index is 10.3. The molecule has 28 heavy (non-hydrogen) atoms. The molecule has 146 valence electrons. The quantitative estimate of drug-likeness (QED) is 0.516. The number of nitrogens with one attached hydrogen (secondary N) is 1. The van der Waals surface area contributed by atoms with E-state index in [2.05, 4.69) is 39.8 Å². The summed E-state index contributed by atoms with van der Waals surface area (Å²) in [4.78, 5) is 0. The van der Waals surface area contributed by atoms with E-state index in [9.17, 15) is 5.11 Å². The summed E-state index contributed by atoms with van der Waals surface area (Å²) in [7, 11) is 0. The van der Waals surface area contributed by atoms with E-state index in [0.29, 0.717) is 12.4 Å². The van der Waals surface area contributed by atoms with Crippen LogP contribution in [-0.4, -0.2) is 33.8 Å². The zero-order valence-corrected chi connectivity index (χ0v) is 17.1. The monoisotopic (exact) mass is 413 g/mol. The number of benzene rings is 2. The van der Waals surface area contributed by atoms with Gasteiger partial charge in [0.25, 0.3) is 0 Å². The Kier molecular flexibility index (Phi) is 6.59. The topological polar surface area (TPSA) is 67.3 Å². The lowest BCUT2D eigenvalue weighted by molar-refractivity contribution is -0.00959. The van der Waals surface area contributed by atoms with Gasteiger partial charge in [0.1, 0.15) is 0 Å². The zero-order valence-electron chi connectivity index (χ0n) is 15.5. The normalized spacial score (nSPS) is 17.1. The van der Waals surface area contributed by atoms with Gasteiger partial charge in [0, 0.05) is 11.4 Å². The van der Waals surface area contributed by atoms with E-state index < -0.39 is 6.10 Å². The molecular formula is C21H23N3O2S2. The van der Waals surface area contributed by atoms with E-state index in [1.54, 1.807) is 0 Å². The van der Waals surface area contributed by atoms with Crippen LogP contribution >= 0.6 is 23.1 Å². The Balaban J connectivity index is 1.24. The number of fused-ring (bicyclic) bond motifs is 1. The SMILES string of the molecule is O[C@H](CO[C@@H]1CCCc2ccccc21)CSc1nnc(Nc2ccccc2)s1. The van der Waals surface area contributed by atoms with Crippen molar-refractivity contribution in [1.82, 2.24) is 10.2 Å². The molecule has 0 radical (unpaired) electrons. The van der Waals surface area contributed by atoms with Gasteiger partial charge in [-0.05, 0) is 42.5 Å². The number of anilines is 2. The van der Waals surface area contributed by atoms with E-state index in [1.807, 2.05) is 30.3 Å². The smallest absolute Gasteiger partial charge is 0.210 e. The Bertz CT molecular complexity index is 888. The van der Waals surface area contributed by atoms with Gasteiger partial charge in [-0.15, -0.1) is 10.2 Å².